The molecule has 4 nitrogen and oxygen atoms in total. The van der Waals surface area contributed by atoms with Crippen LogP contribution in [-0.2, 0) is 4.74 Å². The Morgan fingerprint density at radius 2 is 2.15 bits per heavy atom. The highest BCUT2D eigenvalue weighted by atomic mass is 16.6. The lowest BCUT2D eigenvalue weighted by Crippen LogP contribution is -2.42. The lowest BCUT2D eigenvalue weighted by molar-refractivity contribution is 0.0198. The van der Waals surface area contributed by atoms with Gasteiger partial charge in [0.05, 0.1) is 0 Å². The minimum atomic E-state index is -0.463. The van der Waals surface area contributed by atoms with Gasteiger partial charge >= 0.3 is 6.09 Å². The van der Waals surface area contributed by atoms with Crippen molar-refractivity contribution in [3.05, 3.63) is 29.8 Å². The van der Waals surface area contributed by atoms with Gasteiger partial charge in [0.2, 0.25) is 0 Å². The Kier molecular flexibility index (Phi) is 4.21. The van der Waals surface area contributed by atoms with E-state index in [0.717, 1.165) is 24.9 Å². The van der Waals surface area contributed by atoms with Crippen LogP contribution >= 0.6 is 0 Å². The predicted molar refractivity (Wildman–Crippen MR) is 77.9 cm³/mol. The summed E-state index contributed by atoms with van der Waals surface area (Å²) in [6, 6.07) is 7.29. The van der Waals surface area contributed by atoms with Gasteiger partial charge in [0, 0.05) is 19.0 Å². The van der Waals surface area contributed by atoms with E-state index >= 15 is 0 Å². The highest BCUT2D eigenvalue weighted by Crippen LogP contribution is 2.29. The molecule has 0 aliphatic carbocycles. The SMILES string of the molecule is CC(C)(C)OC(=O)N1CCC[C@@H](c2cccc(O)c2)C1. The molecule has 1 saturated heterocycles. The average molecular weight is 277 g/mol. The molecule has 0 bridgehead atoms. The number of phenolic OH excluding ortho intramolecular Hbond substituents is 1. The molecule has 1 aromatic carbocycles. The van der Waals surface area contributed by atoms with Gasteiger partial charge in [-0.3, -0.25) is 0 Å². The Morgan fingerprint density at radius 3 is 2.80 bits per heavy atom. The van der Waals surface area contributed by atoms with Gasteiger partial charge in [0.1, 0.15) is 11.4 Å². The van der Waals surface area contributed by atoms with E-state index < -0.39 is 5.60 Å². The van der Waals surface area contributed by atoms with Gasteiger partial charge in [-0.15, -0.1) is 0 Å². The number of hydrogen-bond acceptors (Lipinski definition) is 3. The first-order chi connectivity index (χ1) is 9.35. The normalized spacial score (nSPS) is 19.8. The number of benzene rings is 1. The average Bonchev–Trinajstić information content (AvgIpc) is 2.37. The molecule has 1 amide bonds. The van der Waals surface area contributed by atoms with E-state index in [9.17, 15) is 9.90 Å². The van der Waals surface area contributed by atoms with E-state index in [1.165, 1.54) is 0 Å². The van der Waals surface area contributed by atoms with Crippen molar-refractivity contribution >= 4 is 6.09 Å². The fourth-order valence-corrected chi connectivity index (χ4v) is 2.52. The van der Waals surface area contributed by atoms with Crippen LogP contribution in [0.4, 0.5) is 4.79 Å². The van der Waals surface area contributed by atoms with Crippen LogP contribution in [0.3, 0.4) is 0 Å². The van der Waals surface area contributed by atoms with Crippen LogP contribution in [0.2, 0.25) is 0 Å². The van der Waals surface area contributed by atoms with Crippen molar-refractivity contribution in [2.75, 3.05) is 13.1 Å². The van der Waals surface area contributed by atoms with Crippen molar-refractivity contribution in [2.45, 2.75) is 45.1 Å². The number of carbonyl (C=O) groups excluding carboxylic acids is 1. The molecule has 1 aliphatic heterocycles. The Morgan fingerprint density at radius 1 is 1.40 bits per heavy atom. The molecule has 1 aromatic rings. The molecule has 1 aliphatic rings. The van der Waals surface area contributed by atoms with Crippen LogP contribution in [-0.4, -0.2) is 34.8 Å². The third kappa shape index (κ3) is 3.89. The number of ether oxygens (including phenoxy) is 1. The summed E-state index contributed by atoms with van der Waals surface area (Å²) in [6.07, 6.45) is 1.74. The van der Waals surface area contributed by atoms with Gasteiger partial charge in [-0.2, -0.15) is 0 Å². The Balaban J connectivity index is 2.03. The standard InChI is InChI=1S/C16H23NO3/c1-16(2,3)20-15(19)17-9-5-7-13(11-17)12-6-4-8-14(18)10-12/h4,6,8,10,13,18H,5,7,9,11H2,1-3H3/t13-/m1/s1. The molecule has 0 aromatic heterocycles. The molecule has 110 valence electrons. The Bertz CT molecular complexity index is 479. The van der Waals surface area contributed by atoms with E-state index in [0.29, 0.717) is 6.54 Å². The van der Waals surface area contributed by atoms with E-state index in [1.807, 2.05) is 32.9 Å². The van der Waals surface area contributed by atoms with Crippen molar-refractivity contribution < 1.29 is 14.6 Å². The Labute approximate surface area is 120 Å². The van der Waals surface area contributed by atoms with Gasteiger partial charge in [0.25, 0.3) is 0 Å². The molecule has 1 atom stereocenters. The summed E-state index contributed by atoms with van der Waals surface area (Å²) in [6.45, 7) is 7.02. The van der Waals surface area contributed by atoms with Crippen molar-refractivity contribution in [3.63, 3.8) is 0 Å². The third-order valence-electron chi connectivity index (χ3n) is 3.41. The van der Waals surface area contributed by atoms with E-state index in [-0.39, 0.29) is 17.8 Å². The van der Waals surface area contributed by atoms with Gasteiger partial charge in [-0.05, 0) is 51.3 Å². The first-order valence-electron chi connectivity index (χ1n) is 7.12. The maximum absolute atomic E-state index is 12.1. The molecule has 0 spiro atoms. The largest absolute Gasteiger partial charge is 0.508 e. The smallest absolute Gasteiger partial charge is 0.410 e. The minimum Gasteiger partial charge on any atom is -0.508 e. The zero-order valence-electron chi connectivity index (χ0n) is 12.4. The number of amides is 1. The molecule has 4 heteroatoms. The number of phenols is 1. The molecule has 0 saturated carbocycles. The monoisotopic (exact) mass is 277 g/mol. The van der Waals surface area contributed by atoms with Crippen molar-refractivity contribution in [3.8, 4) is 5.75 Å². The summed E-state index contributed by atoms with van der Waals surface area (Å²) in [5.74, 6) is 0.542. The Hall–Kier alpha value is -1.71. The van der Waals surface area contributed by atoms with Crippen LogP contribution in [0, 0.1) is 0 Å². The zero-order valence-corrected chi connectivity index (χ0v) is 12.4. The summed E-state index contributed by atoms with van der Waals surface area (Å²) < 4.78 is 5.42. The first kappa shape index (κ1) is 14.7. The molecular weight excluding hydrogens is 254 g/mol. The summed E-state index contributed by atoms with van der Waals surface area (Å²) in [5, 5.41) is 9.57. The van der Waals surface area contributed by atoms with Crippen LogP contribution in [0.1, 0.15) is 45.1 Å². The molecule has 0 radical (unpaired) electrons. The van der Waals surface area contributed by atoms with Gasteiger partial charge in [-0.1, -0.05) is 12.1 Å². The second kappa shape index (κ2) is 5.73. The van der Waals surface area contributed by atoms with Crippen molar-refractivity contribution in [1.29, 1.82) is 0 Å². The van der Waals surface area contributed by atoms with Crippen molar-refractivity contribution in [1.82, 2.24) is 4.90 Å². The molecular formula is C16H23NO3. The molecule has 20 heavy (non-hydrogen) atoms. The van der Waals surface area contributed by atoms with Crippen LogP contribution in [0.25, 0.3) is 0 Å². The summed E-state index contributed by atoms with van der Waals surface area (Å²) in [4.78, 5) is 13.9. The van der Waals surface area contributed by atoms with Crippen LogP contribution in [0.15, 0.2) is 24.3 Å². The minimum absolute atomic E-state index is 0.248. The number of likely N-dealkylation sites (tertiary alicyclic amines) is 1. The highest BCUT2D eigenvalue weighted by molar-refractivity contribution is 5.68. The second-order valence-electron chi connectivity index (χ2n) is 6.36. The second-order valence-corrected chi connectivity index (χ2v) is 6.36. The number of nitrogens with zero attached hydrogens (tertiary/aromatic N) is 1. The quantitative estimate of drug-likeness (QED) is 0.854. The lowest BCUT2D eigenvalue weighted by Gasteiger charge is -2.34. The van der Waals surface area contributed by atoms with Gasteiger partial charge in [-0.25, -0.2) is 4.79 Å². The maximum Gasteiger partial charge on any atom is 0.410 e. The molecule has 1 N–H and O–H groups in total. The summed E-state index contributed by atoms with van der Waals surface area (Å²) in [7, 11) is 0. The lowest BCUT2D eigenvalue weighted by atomic mass is 9.91. The zero-order chi connectivity index (χ0) is 14.8. The fourth-order valence-electron chi connectivity index (χ4n) is 2.52. The van der Waals surface area contributed by atoms with E-state index in [2.05, 4.69) is 0 Å². The number of hydrogen-bond donors (Lipinski definition) is 1. The first-order valence-corrected chi connectivity index (χ1v) is 7.12. The van der Waals surface area contributed by atoms with E-state index in [4.69, 9.17) is 4.74 Å². The molecule has 0 unspecified atom stereocenters. The predicted octanol–water partition coefficient (Wildman–Crippen LogP) is 3.51. The number of aromatic hydroxyl groups is 1. The van der Waals surface area contributed by atoms with Crippen molar-refractivity contribution in [2.24, 2.45) is 0 Å². The maximum atomic E-state index is 12.1. The molecule has 1 heterocycles. The number of carbonyl (C=O) groups is 1. The molecule has 2 rings (SSSR count). The highest BCUT2D eigenvalue weighted by Gasteiger charge is 2.28. The number of piperidine rings is 1. The summed E-state index contributed by atoms with van der Waals surface area (Å²) >= 11 is 0. The molecule has 1 fully saturated rings. The van der Waals surface area contributed by atoms with Crippen LogP contribution < -0.4 is 0 Å². The third-order valence-corrected chi connectivity index (χ3v) is 3.41. The topological polar surface area (TPSA) is 49.8 Å². The van der Waals surface area contributed by atoms with Gasteiger partial charge < -0.3 is 14.7 Å². The fraction of sp³-hybridized carbons (Fsp3) is 0.562. The van der Waals surface area contributed by atoms with Crippen LogP contribution in [0.5, 0.6) is 5.75 Å². The number of rotatable bonds is 1. The van der Waals surface area contributed by atoms with Gasteiger partial charge in [0.15, 0.2) is 0 Å². The summed E-state index contributed by atoms with van der Waals surface area (Å²) in [5.41, 5.74) is 0.618. The van der Waals surface area contributed by atoms with E-state index in [1.54, 1.807) is 17.0 Å².